The van der Waals surface area contributed by atoms with E-state index in [9.17, 15) is 0 Å². The summed E-state index contributed by atoms with van der Waals surface area (Å²) in [5.41, 5.74) is 0. The Morgan fingerprint density at radius 2 is 1.54 bits per heavy atom. The van der Waals surface area contributed by atoms with Gasteiger partial charge in [0.05, 0.1) is 12.7 Å². The van der Waals surface area contributed by atoms with Crippen LogP contribution in [-0.4, -0.2) is 27.6 Å². The van der Waals surface area contributed by atoms with E-state index in [0.29, 0.717) is 6.61 Å². The molecule has 1 aliphatic heterocycles. The molecule has 26 heavy (non-hydrogen) atoms. The van der Waals surface area contributed by atoms with Crippen LogP contribution in [0.2, 0.25) is 5.04 Å². The van der Waals surface area contributed by atoms with Crippen molar-refractivity contribution in [2.24, 2.45) is 0 Å². The number of benzene rings is 2. The van der Waals surface area contributed by atoms with Crippen LogP contribution in [0.1, 0.15) is 33.6 Å². The third-order valence-electron chi connectivity index (χ3n) is 5.10. The first-order valence-electron chi connectivity index (χ1n) is 9.57. The van der Waals surface area contributed by atoms with E-state index >= 15 is 0 Å². The Balaban J connectivity index is 1.94. The van der Waals surface area contributed by atoms with Crippen molar-refractivity contribution in [3.8, 4) is 0 Å². The summed E-state index contributed by atoms with van der Waals surface area (Å²) in [5.74, 6) is 0. The summed E-state index contributed by atoms with van der Waals surface area (Å²) in [7, 11) is -2.41. The fourth-order valence-electron chi connectivity index (χ4n) is 3.86. The second kappa shape index (κ2) is 8.34. The van der Waals surface area contributed by atoms with Gasteiger partial charge in [0.2, 0.25) is 0 Å². The van der Waals surface area contributed by atoms with Crippen molar-refractivity contribution in [1.29, 1.82) is 0 Å². The van der Waals surface area contributed by atoms with Crippen LogP contribution in [0.15, 0.2) is 72.8 Å². The molecule has 2 aromatic carbocycles. The largest absolute Gasteiger partial charge is 0.407 e. The fourth-order valence-corrected chi connectivity index (χ4v) is 8.44. The Bertz CT molecular complexity index is 664. The molecule has 0 N–H and O–H groups in total. The zero-order valence-corrected chi connectivity index (χ0v) is 17.2. The molecule has 1 heterocycles. The van der Waals surface area contributed by atoms with E-state index in [0.717, 1.165) is 19.4 Å². The second-order valence-electron chi connectivity index (χ2n) is 7.93. The van der Waals surface area contributed by atoms with Gasteiger partial charge in [0.25, 0.3) is 8.32 Å². The van der Waals surface area contributed by atoms with E-state index < -0.39 is 8.32 Å². The van der Waals surface area contributed by atoms with Gasteiger partial charge in [-0.25, -0.2) is 0 Å². The zero-order valence-electron chi connectivity index (χ0n) is 16.2. The maximum Gasteiger partial charge on any atom is 0.261 e. The van der Waals surface area contributed by atoms with Gasteiger partial charge in [0, 0.05) is 6.61 Å². The van der Waals surface area contributed by atoms with E-state index in [-0.39, 0.29) is 11.1 Å². The first-order valence-corrected chi connectivity index (χ1v) is 11.5. The highest BCUT2D eigenvalue weighted by Crippen LogP contribution is 2.36. The third-order valence-corrected chi connectivity index (χ3v) is 10.1. The van der Waals surface area contributed by atoms with Crippen LogP contribution in [-0.2, 0) is 9.16 Å². The van der Waals surface area contributed by atoms with Crippen molar-refractivity contribution >= 4 is 18.7 Å². The Morgan fingerprint density at radius 1 is 0.962 bits per heavy atom. The summed E-state index contributed by atoms with van der Waals surface area (Å²) in [5, 5.41) is 2.69. The summed E-state index contributed by atoms with van der Waals surface area (Å²) in [6.07, 6.45) is 6.50. The molecule has 138 valence electrons. The van der Waals surface area contributed by atoms with E-state index in [1.165, 1.54) is 10.4 Å². The zero-order chi connectivity index (χ0) is 18.5. The molecule has 2 aromatic rings. The van der Waals surface area contributed by atoms with E-state index in [1.807, 2.05) is 0 Å². The van der Waals surface area contributed by atoms with Gasteiger partial charge >= 0.3 is 0 Å². The fraction of sp³-hybridized carbons (Fsp3) is 0.391. The molecule has 3 heteroatoms. The van der Waals surface area contributed by atoms with Crippen molar-refractivity contribution in [1.82, 2.24) is 0 Å². The molecule has 1 atom stereocenters. The Kier molecular flexibility index (Phi) is 6.12. The smallest absolute Gasteiger partial charge is 0.261 e. The molecule has 0 saturated carbocycles. The standard InChI is InChI=1S/C23H30O2Si/c1-23(2,3)26(21-13-6-4-7-14-21,22-15-8-5-9-16-22)25-19-17-20-12-10-11-18-24-20/h4-10,12-16,20H,11,17-19H2,1-3H3. The van der Waals surface area contributed by atoms with Crippen molar-refractivity contribution < 1.29 is 9.16 Å². The molecule has 0 aromatic heterocycles. The summed E-state index contributed by atoms with van der Waals surface area (Å²) < 4.78 is 12.7. The molecule has 1 unspecified atom stereocenters. The third kappa shape index (κ3) is 4.01. The quantitative estimate of drug-likeness (QED) is 0.561. The van der Waals surface area contributed by atoms with Crippen LogP contribution in [0.5, 0.6) is 0 Å². The predicted molar refractivity (Wildman–Crippen MR) is 112 cm³/mol. The monoisotopic (exact) mass is 366 g/mol. The number of rotatable bonds is 6. The lowest BCUT2D eigenvalue weighted by Gasteiger charge is -2.43. The molecule has 0 saturated heterocycles. The number of hydrogen-bond acceptors (Lipinski definition) is 2. The lowest BCUT2D eigenvalue weighted by molar-refractivity contribution is 0.0631. The van der Waals surface area contributed by atoms with Crippen LogP contribution in [0.4, 0.5) is 0 Å². The van der Waals surface area contributed by atoms with Crippen molar-refractivity contribution in [3.63, 3.8) is 0 Å². The molecule has 0 bridgehead atoms. The highest BCUT2D eigenvalue weighted by molar-refractivity contribution is 6.99. The second-order valence-corrected chi connectivity index (χ2v) is 12.2. The van der Waals surface area contributed by atoms with E-state index in [1.54, 1.807) is 0 Å². The average molecular weight is 367 g/mol. The van der Waals surface area contributed by atoms with Crippen LogP contribution in [0.25, 0.3) is 0 Å². The molecule has 1 aliphatic rings. The van der Waals surface area contributed by atoms with Gasteiger partial charge in [0.1, 0.15) is 0 Å². The predicted octanol–water partition coefficient (Wildman–Crippen LogP) is 4.30. The van der Waals surface area contributed by atoms with Gasteiger partial charge in [-0.1, -0.05) is 93.6 Å². The van der Waals surface area contributed by atoms with Crippen LogP contribution < -0.4 is 10.4 Å². The minimum Gasteiger partial charge on any atom is -0.407 e. The van der Waals surface area contributed by atoms with Gasteiger partial charge in [-0.15, -0.1) is 0 Å². The van der Waals surface area contributed by atoms with Gasteiger partial charge in [-0.05, 0) is 28.3 Å². The SMILES string of the molecule is CC(C)(C)[Si](OCCC1C=CCCO1)(c1ccccc1)c1ccccc1. The normalized spacial score (nSPS) is 18.0. The van der Waals surface area contributed by atoms with Gasteiger partial charge in [-0.2, -0.15) is 0 Å². The molecule has 0 spiro atoms. The first kappa shape index (κ1) is 19.1. The molecule has 0 fully saturated rings. The van der Waals surface area contributed by atoms with E-state index in [4.69, 9.17) is 9.16 Å². The van der Waals surface area contributed by atoms with Crippen LogP contribution in [0.3, 0.4) is 0 Å². The van der Waals surface area contributed by atoms with Crippen molar-refractivity contribution in [2.75, 3.05) is 13.2 Å². The first-order chi connectivity index (χ1) is 12.5. The topological polar surface area (TPSA) is 18.5 Å². The minimum absolute atomic E-state index is 0.0268. The molecule has 2 nitrogen and oxygen atoms in total. The Labute approximate surface area is 159 Å². The van der Waals surface area contributed by atoms with Crippen LogP contribution in [0, 0.1) is 0 Å². The Morgan fingerprint density at radius 3 is 2.00 bits per heavy atom. The van der Waals surface area contributed by atoms with E-state index in [2.05, 4.69) is 93.6 Å². The highest BCUT2D eigenvalue weighted by Gasteiger charge is 2.50. The summed E-state index contributed by atoms with van der Waals surface area (Å²) in [6, 6.07) is 21.6. The van der Waals surface area contributed by atoms with Gasteiger partial charge in [0.15, 0.2) is 0 Å². The summed E-state index contributed by atoms with van der Waals surface area (Å²) in [6.45, 7) is 8.48. The lowest BCUT2D eigenvalue weighted by atomic mass is 10.2. The average Bonchev–Trinajstić information content (AvgIpc) is 2.66. The lowest BCUT2D eigenvalue weighted by Crippen LogP contribution is -2.66. The number of hydrogen-bond donors (Lipinski definition) is 0. The summed E-state index contributed by atoms with van der Waals surface area (Å²) >= 11 is 0. The van der Waals surface area contributed by atoms with Crippen molar-refractivity contribution in [3.05, 3.63) is 72.8 Å². The number of ether oxygens (including phenoxy) is 1. The molecule has 3 rings (SSSR count). The van der Waals surface area contributed by atoms with Gasteiger partial charge in [-0.3, -0.25) is 0 Å². The molecule has 0 aliphatic carbocycles. The van der Waals surface area contributed by atoms with Crippen LogP contribution >= 0.6 is 0 Å². The molecule has 0 amide bonds. The minimum atomic E-state index is -2.41. The van der Waals surface area contributed by atoms with Crippen molar-refractivity contribution in [2.45, 2.75) is 44.8 Å². The maximum atomic E-state index is 6.89. The highest BCUT2D eigenvalue weighted by atomic mass is 28.4. The Hall–Kier alpha value is -1.68. The summed E-state index contributed by atoms with van der Waals surface area (Å²) in [4.78, 5) is 0. The molecule has 0 radical (unpaired) electrons. The molecular weight excluding hydrogens is 336 g/mol. The maximum absolute atomic E-state index is 6.89. The molecular formula is C23H30O2Si. The van der Waals surface area contributed by atoms with Gasteiger partial charge < -0.3 is 9.16 Å².